The van der Waals surface area contributed by atoms with Crippen LogP contribution >= 0.6 is 11.3 Å². The predicted octanol–water partition coefficient (Wildman–Crippen LogP) is 3.23. The molecule has 1 aromatic rings. The molecule has 86 valence electrons. The first kappa shape index (κ1) is 11.6. The topological polar surface area (TPSA) is 35.8 Å². The Labute approximate surface area is 101 Å². The van der Waals surface area contributed by atoms with E-state index in [9.17, 15) is 0 Å². The second-order valence-corrected chi connectivity index (χ2v) is 5.53. The summed E-state index contributed by atoms with van der Waals surface area (Å²) >= 11 is 1.80. The Kier molecular flexibility index (Phi) is 3.98. The molecule has 1 aliphatic carbocycles. The molecule has 2 nitrogen and oxygen atoms in total. The molecule has 1 fully saturated rings. The minimum atomic E-state index is 0.217. The number of aryl methyl sites for hydroxylation is 1. The van der Waals surface area contributed by atoms with E-state index < -0.39 is 0 Å². The van der Waals surface area contributed by atoms with E-state index in [4.69, 9.17) is 5.26 Å². The number of rotatable bonds is 3. The lowest BCUT2D eigenvalue weighted by atomic mass is 9.85. The lowest BCUT2D eigenvalue weighted by Gasteiger charge is -2.27. The van der Waals surface area contributed by atoms with Gasteiger partial charge in [-0.3, -0.25) is 0 Å². The third-order valence-corrected chi connectivity index (χ3v) is 4.45. The Hall–Kier alpha value is -0.850. The minimum absolute atomic E-state index is 0.217. The largest absolute Gasteiger partial charge is 0.308 e. The van der Waals surface area contributed by atoms with Gasteiger partial charge in [0.25, 0.3) is 0 Å². The van der Waals surface area contributed by atoms with Crippen LogP contribution in [0, 0.1) is 24.2 Å². The molecule has 0 radical (unpaired) electrons. The summed E-state index contributed by atoms with van der Waals surface area (Å²) in [4.78, 5) is 1.40. The van der Waals surface area contributed by atoms with Gasteiger partial charge in [0.15, 0.2) is 0 Å². The highest BCUT2D eigenvalue weighted by molar-refractivity contribution is 7.10. The molecule has 0 aromatic carbocycles. The van der Waals surface area contributed by atoms with Crippen LogP contribution in [-0.2, 0) is 6.54 Å². The van der Waals surface area contributed by atoms with Gasteiger partial charge >= 0.3 is 0 Å². The van der Waals surface area contributed by atoms with E-state index in [-0.39, 0.29) is 5.92 Å². The summed E-state index contributed by atoms with van der Waals surface area (Å²) < 4.78 is 0. The van der Waals surface area contributed by atoms with Gasteiger partial charge < -0.3 is 5.32 Å². The zero-order valence-corrected chi connectivity index (χ0v) is 10.5. The van der Waals surface area contributed by atoms with Crippen LogP contribution < -0.4 is 5.32 Å². The van der Waals surface area contributed by atoms with Crippen LogP contribution in [0.1, 0.15) is 36.1 Å². The van der Waals surface area contributed by atoms with Crippen LogP contribution in [0.25, 0.3) is 0 Å². The molecule has 0 bridgehead atoms. The van der Waals surface area contributed by atoms with Gasteiger partial charge in [0.05, 0.1) is 12.0 Å². The molecule has 1 aromatic heterocycles. The normalized spacial score (nSPS) is 25.2. The summed E-state index contributed by atoms with van der Waals surface area (Å²) in [5, 5.41) is 14.8. The molecular formula is C13H18N2S. The highest BCUT2D eigenvalue weighted by atomic mass is 32.1. The maximum atomic E-state index is 9.09. The number of nitrogens with zero attached hydrogens (tertiary/aromatic N) is 1. The average molecular weight is 234 g/mol. The van der Waals surface area contributed by atoms with E-state index in [1.165, 1.54) is 23.3 Å². The van der Waals surface area contributed by atoms with Crippen LogP contribution in [0.5, 0.6) is 0 Å². The molecule has 1 heterocycles. The number of nitrogens with one attached hydrogen (secondary N) is 1. The van der Waals surface area contributed by atoms with Crippen LogP contribution in [0.15, 0.2) is 11.4 Å². The Morgan fingerprint density at radius 1 is 1.50 bits per heavy atom. The Morgan fingerprint density at radius 2 is 2.31 bits per heavy atom. The van der Waals surface area contributed by atoms with Crippen molar-refractivity contribution in [2.75, 3.05) is 0 Å². The predicted molar refractivity (Wildman–Crippen MR) is 67.3 cm³/mol. The van der Waals surface area contributed by atoms with Gasteiger partial charge in [-0.2, -0.15) is 5.26 Å². The quantitative estimate of drug-likeness (QED) is 0.871. The van der Waals surface area contributed by atoms with Gasteiger partial charge in [-0.05, 0) is 36.8 Å². The molecule has 2 atom stereocenters. The van der Waals surface area contributed by atoms with Crippen molar-refractivity contribution >= 4 is 11.3 Å². The minimum Gasteiger partial charge on any atom is -0.308 e. The second kappa shape index (κ2) is 5.47. The molecular weight excluding hydrogens is 216 g/mol. The zero-order chi connectivity index (χ0) is 11.4. The van der Waals surface area contributed by atoms with Crippen LogP contribution in [-0.4, -0.2) is 6.04 Å². The zero-order valence-electron chi connectivity index (χ0n) is 9.70. The van der Waals surface area contributed by atoms with E-state index in [1.807, 2.05) is 0 Å². The molecule has 3 heteroatoms. The van der Waals surface area contributed by atoms with Crippen molar-refractivity contribution < 1.29 is 0 Å². The van der Waals surface area contributed by atoms with Gasteiger partial charge in [-0.15, -0.1) is 11.3 Å². The fraction of sp³-hybridized carbons (Fsp3) is 0.615. The summed E-state index contributed by atoms with van der Waals surface area (Å²) in [5.74, 6) is 0.217. The molecule has 0 aliphatic heterocycles. The molecule has 0 amide bonds. The summed E-state index contributed by atoms with van der Waals surface area (Å²) in [6.07, 6.45) is 4.70. The number of hydrogen-bond acceptors (Lipinski definition) is 3. The molecule has 2 unspecified atom stereocenters. The van der Waals surface area contributed by atoms with E-state index in [0.717, 1.165) is 19.4 Å². The monoisotopic (exact) mass is 234 g/mol. The third-order valence-electron chi connectivity index (χ3n) is 3.42. The van der Waals surface area contributed by atoms with E-state index >= 15 is 0 Å². The molecule has 16 heavy (non-hydrogen) atoms. The lowest BCUT2D eigenvalue weighted by molar-refractivity contribution is 0.312. The van der Waals surface area contributed by atoms with Crippen LogP contribution in [0.2, 0.25) is 0 Å². The third kappa shape index (κ3) is 2.63. The highest BCUT2D eigenvalue weighted by Crippen LogP contribution is 2.24. The lowest BCUT2D eigenvalue weighted by Crippen LogP contribution is -2.37. The van der Waals surface area contributed by atoms with Gasteiger partial charge in [-0.25, -0.2) is 0 Å². The van der Waals surface area contributed by atoms with Gasteiger partial charge in [0, 0.05) is 17.5 Å². The molecule has 1 saturated carbocycles. The number of hydrogen-bond donors (Lipinski definition) is 1. The Morgan fingerprint density at radius 3 is 3.00 bits per heavy atom. The van der Waals surface area contributed by atoms with Gasteiger partial charge in [0.2, 0.25) is 0 Å². The average Bonchev–Trinajstić information content (AvgIpc) is 2.72. The SMILES string of the molecule is Cc1ccsc1CNC1CCCCC1C#N. The molecule has 1 aliphatic rings. The van der Waals surface area contributed by atoms with Crippen molar-refractivity contribution in [3.05, 3.63) is 21.9 Å². The number of nitriles is 1. The fourth-order valence-corrected chi connectivity index (χ4v) is 3.20. The Bertz CT molecular complexity index is 378. The number of thiophene rings is 1. The van der Waals surface area contributed by atoms with Gasteiger partial charge in [0.1, 0.15) is 0 Å². The van der Waals surface area contributed by atoms with Gasteiger partial charge in [-0.1, -0.05) is 12.8 Å². The van der Waals surface area contributed by atoms with Crippen molar-refractivity contribution in [1.29, 1.82) is 5.26 Å². The summed E-state index contributed by atoms with van der Waals surface area (Å²) in [6, 6.07) is 5.00. The summed E-state index contributed by atoms with van der Waals surface area (Å²) in [7, 11) is 0. The van der Waals surface area contributed by atoms with Crippen molar-refractivity contribution in [2.24, 2.45) is 5.92 Å². The molecule has 2 rings (SSSR count). The first-order chi connectivity index (χ1) is 7.81. The van der Waals surface area contributed by atoms with Crippen molar-refractivity contribution in [1.82, 2.24) is 5.32 Å². The summed E-state index contributed by atoms with van der Waals surface area (Å²) in [5.41, 5.74) is 1.36. The first-order valence-electron chi connectivity index (χ1n) is 5.97. The van der Waals surface area contributed by atoms with Crippen molar-refractivity contribution in [3.8, 4) is 6.07 Å². The van der Waals surface area contributed by atoms with E-state index in [2.05, 4.69) is 29.8 Å². The maximum absolute atomic E-state index is 9.09. The van der Waals surface area contributed by atoms with Crippen LogP contribution in [0.3, 0.4) is 0 Å². The highest BCUT2D eigenvalue weighted by Gasteiger charge is 2.24. The van der Waals surface area contributed by atoms with Crippen molar-refractivity contribution in [3.63, 3.8) is 0 Å². The molecule has 0 spiro atoms. The maximum Gasteiger partial charge on any atom is 0.0672 e. The van der Waals surface area contributed by atoms with E-state index in [0.29, 0.717) is 6.04 Å². The second-order valence-electron chi connectivity index (χ2n) is 4.53. The van der Waals surface area contributed by atoms with Crippen molar-refractivity contribution in [2.45, 2.75) is 45.2 Å². The standard InChI is InChI=1S/C13H18N2S/c1-10-6-7-16-13(10)9-15-12-5-3-2-4-11(12)8-14/h6-7,11-12,15H,2-5,9H2,1H3. The van der Waals surface area contributed by atoms with E-state index in [1.54, 1.807) is 11.3 Å². The Balaban J connectivity index is 1.89. The molecule has 1 N–H and O–H groups in total. The summed E-state index contributed by atoms with van der Waals surface area (Å²) in [6.45, 7) is 3.07. The smallest absolute Gasteiger partial charge is 0.0672 e. The first-order valence-corrected chi connectivity index (χ1v) is 6.85. The fourth-order valence-electron chi connectivity index (χ4n) is 2.34. The molecule has 0 saturated heterocycles. The van der Waals surface area contributed by atoms with Crippen LogP contribution in [0.4, 0.5) is 0 Å².